The summed E-state index contributed by atoms with van der Waals surface area (Å²) in [6, 6.07) is 0. The van der Waals surface area contributed by atoms with Gasteiger partial charge in [0.15, 0.2) is 10.8 Å². The number of alkyl halides is 2. The van der Waals surface area contributed by atoms with Crippen molar-refractivity contribution in [3.63, 3.8) is 0 Å². The molecule has 1 rings (SSSR count). The van der Waals surface area contributed by atoms with E-state index in [4.69, 9.17) is 16.7 Å². The predicted octanol–water partition coefficient (Wildman–Crippen LogP) is 1.33. The molecule has 16 heavy (non-hydrogen) atoms. The van der Waals surface area contributed by atoms with Gasteiger partial charge in [-0.3, -0.25) is 0 Å². The smallest absolute Gasteiger partial charge is 0.268 e. The molecule has 0 radical (unpaired) electrons. The van der Waals surface area contributed by atoms with Crippen LogP contribution in [-0.4, -0.2) is 20.5 Å². The van der Waals surface area contributed by atoms with E-state index in [0.29, 0.717) is 0 Å². The highest BCUT2D eigenvalue weighted by atomic mass is 35.5. The van der Waals surface area contributed by atoms with Gasteiger partial charge in [0.05, 0.1) is 23.9 Å². The molecule has 1 aromatic heterocycles. The predicted molar refractivity (Wildman–Crippen MR) is 52.1 cm³/mol. The van der Waals surface area contributed by atoms with Crippen LogP contribution < -0.4 is 9.88 Å². The number of methoxy groups -OCH3 is 1. The molecule has 9 heteroatoms. The minimum Gasteiger partial charge on any atom is -0.494 e. The molecule has 90 valence electrons. The second-order valence-corrected chi connectivity index (χ2v) is 4.56. The molecule has 0 bridgehead atoms. The molecule has 2 N–H and O–H groups in total. The number of aromatic nitrogens is 1. The molecule has 0 aliphatic carbocycles. The monoisotopic (exact) mass is 272 g/mol. The normalized spacial score (nSPS) is 11.9. The topological polar surface area (TPSA) is 82.3 Å². The average molecular weight is 273 g/mol. The lowest BCUT2D eigenvalue weighted by Gasteiger charge is -2.10. The minimum atomic E-state index is -4.36. The van der Waals surface area contributed by atoms with Gasteiger partial charge < -0.3 is 4.74 Å². The first-order valence-electron chi connectivity index (χ1n) is 3.82. The third-order valence-corrected chi connectivity index (χ3v) is 2.94. The van der Waals surface area contributed by atoms with E-state index in [9.17, 15) is 17.2 Å². The molecule has 0 aliphatic heterocycles. The minimum absolute atomic E-state index is 0.149. The molecule has 0 amide bonds. The Morgan fingerprint density at radius 3 is 2.50 bits per heavy atom. The van der Waals surface area contributed by atoms with Crippen molar-refractivity contribution >= 4 is 21.6 Å². The molecule has 0 aliphatic rings. The highest BCUT2D eigenvalue weighted by Gasteiger charge is 2.27. The van der Waals surface area contributed by atoms with Crippen LogP contribution >= 0.6 is 11.6 Å². The summed E-state index contributed by atoms with van der Waals surface area (Å²) >= 11 is 5.55. The zero-order valence-electron chi connectivity index (χ0n) is 7.95. The number of primary sulfonamides is 1. The van der Waals surface area contributed by atoms with Crippen molar-refractivity contribution in [2.45, 2.75) is 11.5 Å². The Balaban J connectivity index is 3.60. The maximum atomic E-state index is 12.6. The Bertz CT molecular complexity index is 507. The van der Waals surface area contributed by atoms with Gasteiger partial charge in [-0.15, -0.1) is 0 Å². The van der Waals surface area contributed by atoms with Gasteiger partial charge in [-0.25, -0.2) is 27.3 Å². The second kappa shape index (κ2) is 4.48. The van der Waals surface area contributed by atoms with E-state index in [2.05, 4.69) is 9.72 Å². The van der Waals surface area contributed by atoms with E-state index >= 15 is 0 Å². The van der Waals surface area contributed by atoms with Crippen molar-refractivity contribution in [3.8, 4) is 5.75 Å². The highest BCUT2D eigenvalue weighted by Crippen LogP contribution is 2.36. The van der Waals surface area contributed by atoms with Crippen molar-refractivity contribution in [3.05, 3.63) is 16.8 Å². The average Bonchev–Trinajstić information content (AvgIpc) is 2.15. The number of ether oxygens (including phenoxy) is 1. The second-order valence-electron chi connectivity index (χ2n) is 2.71. The molecular formula is C7H7ClF2N2O3S. The number of rotatable bonds is 3. The first-order valence-corrected chi connectivity index (χ1v) is 5.74. The van der Waals surface area contributed by atoms with Crippen LogP contribution in [0.15, 0.2) is 11.2 Å². The third kappa shape index (κ3) is 2.39. The lowest BCUT2D eigenvalue weighted by Crippen LogP contribution is -2.17. The fraction of sp³-hybridized carbons (Fsp3) is 0.286. The molecule has 0 atom stereocenters. The van der Waals surface area contributed by atoms with E-state index in [0.717, 1.165) is 6.20 Å². The van der Waals surface area contributed by atoms with Crippen molar-refractivity contribution in [2.24, 2.45) is 5.14 Å². The third-order valence-electron chi connectivity index (χ3n) is 1.69. The number of nitrogens with zero attached hydrogens (tertiary/aromatic N) is 1. The van der Waals surface area contributed by atoms with Crippen molar-refractivity contribution in [1.82, 2.24) is 4.98 Å². The Hall–Kier alpha value is -0.990. The molecule has 0 unspecified atom stereocenters. The number of pyridine rings is 1. The first-order chi connectivity index (χ1) is 7.29. The van der Waals surface area contributed by atoms with Crippen LogP contribution in [0.4, 0.5) is 8.78 Å². The largest absolute Gasteiger partial charge is 0.494 e. The van der Waals surface area contributed by atoms with Gasteiger partial charge in [-0.2, -0.15) is 0 Å². The summed E-state index contributed by atoms with van der Waals surface area (Å²) < 4.78 is 51.9. The van der Waals surface area contributed by atoms with Crippen LogP contribution in [0, 0.1) is 0 Å². The molecule has 0 aromatic carbocycles. The fourth-order valence-corrected chi connectivity index (χ4v) is 2.08. The van der Waals surface area contributed by atoms with Crippen LogP contribution in [0.5, 0.6) is 5.75 Å². The number of hydrogen-bond donors (Lipinski definition) is 1. The Morgan fingerprint density at radius 2 is 2.12 bits per heavy atom. The summed E-state index contributed by atoms with van der Waals surface area (Å²) in [7, 11) is -3.17. The summed E-state index contributed by atoms with van der Waals surface area (Å²) in [5, 5.41) is 3.26. The fourth-order valence-electron chi connectivity index (χ4n) is 1.03. The Morgan fingerprint density at radius 1 is 1.56 bits per heavy atom. The van der Waals surface area contributed by atoms with Gasteiger partial charge in [-0.05, 0) is 0 Å². The lowest BCUT2D eigenvalue weighted by molar-refractivity contribution is 0.146. The zero-order valence-corrected chi connectivity index (χ0v) is 9.52. The van der Waals surface area contributed by atoms with Gasteiger partial charge in [0.2, 0.25) is 0 Å². The van der Waals surface area contributed by atoms with Crippen LogP contribution in [-0.2, 0) is 10.0 Å². The summed E-state index contributed by atoms with van der Waals surface area (Å²) in [4.78, 5) is 3.30. The molecule has 0 saturated carbocycles. The number of sulfonamides is 1. The van der Waals surface area contributed by atoms with Crippen LogP contribution in [0.25, 0.3) is 0 Å². The maximum Gasteiger partial charge on any atom is 0.268 e. The highest BCUT2D eigenvalue weighted by molar-refractivity contribution is 7.89. The SMILES string of the molecule is COc1cnc(S(N)(=O)=O)c(C(F)F)c1Cl. The first kappa shape index (κ1) is 13.1. The number of nitrogens with two attached hydrogens (primary N) is 1. The van der Waals surface area contributed by atoms with Crippen LogP contribution in [0.2, 0.25) is 5.02 Å². The summed E-state index contributed by atoms with van der Waals surface area (Å²) in [6.07, 6.45) is -2.21. The number of hydrogen-bond acceptors (Lipinski definition) is 4. The molecule has 1 heterocycles. The van der Waals surface area contributed by atoms with Gasteiger partial charge in [0.1, 0.15) is 0 Å². The van der Waals surface area contributed by atoms with Gasteiger partial charge >= 0.3 is 0 Å². The van der Waals surface area contributed by atoms with Crippen molar-refractivity contribution in [1.29, 1.82) is 0 Å². The molecule has 5 nitrogen and oxygen atoms in total. The van der Waals surface area contributed by atoms with Gasteiger partial charge in [0, 0.05) is 0 Å². The van der Waals surface area contributed by atoms with Crippen molar-refractivity contribution < 1.29 is 21.9 Å². The lowest BCUT2D eigenvalue weighted by atomic mass is 10.3. The summed E-state index contributed by atoms with van der Waals surface area (Å²) in [5.74, 6) is -0.149. The Labute approximate surface area is 95.2 Å². The maximum absolute atomic E-state index is 12.6. The molecule has 1 aromatic rings. The van der Waals surface area contributed by atoms with Crippen LogP contribution in [0.1, 0.15) is 12.0 Å². The number of halogens is 3. The van der Waals surface area contributed by atoms with E-state index in [1.165, 1.54) is 7.11 Å². The molecular weight excluding hydrogens is 266 g/mol. The molecule has 0 fully saturated rings. The van der Waals surface area contributed by atoms with E-state index in [-0.39, 0.29) is 5.75 Å². The van der Waals surface area contributed by atoms with Crippen molar-refractivity contribution in [2.75, 3.05) is 7.11 Å². The zero-order chi connectivity index (χ0) is 12.5. The van der Waals surface area contributed by atoms with Crippen LogP contribution in [0.3, 0.4) is 0 Å². The van der Waals surface area contributed by atoms with E-state index in [1.54, 1.807) is 0 Å². The summed E-state index contributed by atoms with van der Waals surface area (Å²) in [6.45, 7) is 0. The van der Waals surface area contributed by atoms with Gasteiger partial charge in [-0.1, -0.05) is 11.6 Å². The quantitative estimate of drug-likeness (QED) is 0.900. The molecule has 0 spiro atoms. The Kier molecular flexibility index (Phi) is 3.66. The summed E-state index contributed by atoms with van der Waals surface area (Å²) in [5.41, 5.74) is -0.955. The van der Waals surface area contributed by atoms with E-state index < -0.39 is 32.1 Å². The molecule has 0 saturated heterocycles. The van der Waals surface area contributed by atoms with E-state index in [1.807, 2.05) is 0 Å². The standard InChI is InChI=1S/C7H7ClF2N2O3S/c1-15-3-2-12-7(16(11,13)14)4(5(3)8)6(9)10/h2,6H,1H3,(H2,11,13,14). The van der Waals surface area contributed by atoms with Gasteiger partial charge in [0.25, 0.3) is 16.4 Å².